The van der Waals surface area contributed by atoms with Gasteiger partial charge in [-0.1, -0.05) is 30.7 Å². The van der Waals surface area contributed by atoms with Gasteiger partial charge in [-0.15, -0.1) is 0 Å². The minimum Gasteiger partial charge on any atom is -0.386 e. The predicted molar refractivity (Wildman–Crippen MR) is 69.8 cm³/mol. The molecule has 0 bridgehead atoms. The lowest BCUT2D eigenvalue weighted by atomic mass is 9.80. The van der Waals surface area contributed by atoms with E-state index in [4.69, 9.17) is 0 Å². The highest BCUT2D eigenvalue weighted by molar-refractivity contribution is 5.27. The molecule has 1 aliphatic carbocycles. The summed E-state index contributed by atoms with van der Waals surface area (Å²) >= 11 is 0. The van der Waals surface area contributed by atoms with Crippen molar-refractivity contribution in [2.75, 3.05) is 13.2 Å². The summed E-state index contributed by atoms with van der Waals surface area (Å²) in [6.07, 6.45) is -1.33. The number of hydrogen-bond donors (Lipinski definition) is 1. The molecule has 0 spiro atoms. The molecule has 1 atom stereocenters. The molecule has 1 saturated carbocycles. The van der Waals surface area contributed by atoms with Crippen LogP contribution < -0.4 is 0 Å². The van der Waals surface area contributed by atoms with Crippen LogP contribution >= 0.6 is 0 Å². The zero-order valence-corrected chi connectivity index (χ0v) is 11.4. The van der Waals surface area contributed by atoms with Gasteiger partial charge in [0.25, 0.3) is 0 Å². The third-order valence-corrected chi connectivity index (χ3v) is 3.79. The first-order valence-corrected chi connectivity index (χ1v) is 6.92. The summed E-state index contributed by atoms with van der Waals surface area (Å²) in [7, 11) is 0. The van der Waals surface area contributed by atoms with Crippen LogP contribution in [0.2, 0.25) is 0 Å². The monoisotopic (exact) mass is 306 g/mol. The molecule has 1 N–H and O–H groups in total. The van der Waals surface area contributed by atoms with Crippen molar-refractivity contribution in [2.45, 2.75) is 43.6 Å². The molecule has 1 aromatic carbocycles. The Morgan fingerprint density at radius 1 is 1.19 bits per heavy atom. The summed E-state index contributed by atoms with van der Waals surface area (Å²) in [5.41, 5.74) is 1.72. The lowest BCUT2D eigenvalue weighted by molar-refractivity contribution is -0.170. The maximum Gasteiger partial charge on any atom is 0.330 e. The fourth-order valence-electron chi connectivity index (χ4n) is 2.20. The summed E-state index contributed by atoms with van der Waals surface area (Å²) < 4.78 is 53.6. The zero-order valence-electron chi connectivity index (χ0n) is 11.4. The molecule has 2 rings (SSSR count). The Morgan fingerprint density at radius 3 is 2.29 bits per heavy atom. The van der Waals surface area contributed by atoms with E-state index < -0.39 is 31.7 Å². The van der Waals surface area contributed by atoms with Crippen LogP contribution in [0.25, 0.3) is 0 Å². The molecule has 1 aliphatic rings. The molecule has 0 heterocycles. The van der Waals surface area contributed by atoms with Crippen molar-refractivity contribution in [1.82, 2.24) is 0 Å². The first kappa shape index (κ1) is 16.2. The number of benzene rings is 1. The molecule has 0 saturated heterocycles. The standard InChI is InChI=1S/C15H18F4O2/c16-14(17)15(18,19)9-21-8-13(20)12-6-4-11(5-7-12)10-2-1-3-10/h4-7,10,13-14,20H,1-3,8-9H2. The molecule has 1 aromatic rings. The van der Waals surface area contributed by atoms with Crippen molar-refractivity contribution >= 4 is 0 Å². The Labute approximate surface area is 120 Å². The SMILES string of the molecule is OC(COCC(F)(F)C(F)F)c1ccc(C2CCC2)cc1. The van der Waals surface area contributed by atoms with E-state index in [2.05, 4.69) is 4.74 Å². The topological polar surface area (TPSA) is 29.5 Å². The van der Waals surface area contributed by atoms with Gasteiger partial charge in [-0.2, -0.15) is 8.78 Å². The lowest BCUT2D eigenvalue weighted by Gasteiger charge is -2.26. The number of alkyl halides is 4. The highest BCUT2D eigenvalue weighted by Crippen LogP contribution is 2.36. The quantitative estimate of drug-likeness (QED) is 0.774. The van der Waals surface area contributed by atoms with E-state index in [1.807, 2.05) is 12.1 Å². The normalized spacial score (nSPS) is 17.8. The van der Waals surface area contributed by atoms with Crippen LogP contribution in [0.3, 0.4) is 0 Å². The van der Waals surface area contributed by atoms with Gasteiger partial charge < -0.3 is 9.84 Å². The van der Waals surface area contributed by atoms with E-state index in [9.17, 15) is 22.7 Å². The molecule has 0 aromatic heterocycles. The van der Waals surface area contributed by atoms with Crippen LogP contribution in [0.5, 0.6) is 0 Å². The van der Waals surface area contributed by atoms with Gasteiger partial charge >= 0.3 is 12.3 Å². The van der Waals surface area contributed by atoms with Crippen LogP contribution in [0, 0.1) is 0 Å². The summed E-state index contributed by atoms with van der Waals surface area (Å²) in [6, 6.07) is 7.23. The number of rotatable bonds is 7. The molecule has 6 heteroatoms. The van der Waals surface area contributed by atoms with E-state index in [0.717, 1.165) is 12.8 Å². The average Bonchev–Trinajstić information content (AvgIpc) is 2.37. The largest absolute Gasteiger partial charge is 0.386 e. The van der Waals surface area contributed by atoms with Gasteiger partial charge in [0, 0.05) is 0 Å². The molecule has 2 nitrogen and oxygen atoms in total. The smallest absolute Gasteiger partial charge is 0.330 e. The van der Waals surface area contributed by atoms with E-state index in [1.54, 1.807) is 12.1 Å². The number of halogens is 4. The Hall–Kier alpha value is -1.14. The predicted octanol–water partition coefficient (Wildman–Crippen LogP) is 3.90. The molecule has 0 aliphatic heterocycles. The molecule has 0 amide bonds. The summed E-state index contributed by atoms with van der Waals surface area (Å²) in [4.78, 5) is 0. The van der Waals surface area contributed by atoms with Crippen LogP contribution in [0.1, 0.15) is 42.4 Å². The second kappa shape index (κ2) is 6.75. The van der Waals surface area contributed by atoms with Gasteiger partial charge in [0.15, 0.2) is 0 Å². The van der Waals surface area contributed by atoms with Crippen molar-refractivity contribution in [3.05, 3.63) is 35.4 Å². The number of ether oxygens (including phenoxy) is 1. The maximum atomic E-state index is 12.6. The molecule has 118 valence electrons. The minimum absolute atomic E-state index is 0.439. The van der Waals surface area contributed by atoms with Crippen LogP contribution in [-0.2, 0) is 4.74 Å². The molecular weight excluding hydrogens is 288 g/mol. The van der Waals surface area contributed by atoms with Crippen LogP contribution in [0.15, 0.2) is 24.3 Å². The summed E-state index contributed by atoms with van der Waals surface area (Å²) in [6.45, 7) is -1.84. The maximum absolute atomic E-state index is 12.6. The average molecular weight is 306 g/mol. The fraction of sp³-hybridized carbons (Fsp3) is 0.600. The van der Waals surface area contributed by atoms with Gasteiger partial charge in [-0.3, -0.25) is 0 Å². The first-order valence-electron chi connectivity index (χ1n) is 6.92. The zero-order chi connectivity index (χ0) is 15.5. The summed E-state index contributed by atoms with van der Waals surface area (Å²) in [5.74, 6) is -3.62. The second-order valence-electron chi connectivity index (χ2n) is 5.39. The second-order valence-corrected chi connectivity index (χ2v) is 5.39. The highest BCUT2D eigenvalue weighted by atomic mass is 19.3. The third-order valence-electron chi connectivity index (χ3n) is 3.79. The van der Waals surface area contributed by atoms with E-state index >= 15 is 0 Å². The van der Waals surface area contributed by atoms with Crippen molar-refractivity contribution in [3.8, 4) is 0 Å². The van der Waals surface area contributed by atoms with Gasteiger partial charge in [0.2, 0.25) is 0 Å². The molecule has 1 unspecified atom stereocenters. The molecule has 21 heavy (non-hydrogen) atoms. The minimum atomic E-state index is -4.19. The lowest BCUT2D eigenvalue weighted by Crippen LogP contribution is -2.33. The van der Waals surface area contributed by atoms with E-state index in [1.165, 1.54) is 12.0 Å². The Kier molecular flexibility index (Phi) is 5.22. The number of hydrogen-bond acceptors (Lipinski definition) is 2. The van der Waals surface area contributed by atoms with Crippen molar-refractivity contribution < 1.29 is 27.4 Å². The van der Waals surface area contributed by atoms with E-state index in [0.29, 0.717) is 11.5 Å². The van der Waals surface area contributed by atoms with Gasteiger partial charge in [0.1, 0.15) is 12.7 Å². The Bertz CT molecular complexity index is 443. The van der Waals surface area contributed by atoms with Crippen molar-refractivity contribution in [2.24, 2.45) is 0 Å². The van der Waals surface area contributed by atoms with Gasteiger partial charge in [-0.05, 0) is 29.9 Å². The summed E-state index contributed by atoms with van der Waals surface area (Å²) in [5, 5.41) is 9.80. The Balaban J connectivity index is 1.81. The molecule has 0 radical (unpaired) electrons. The number of aliphatic hydroxyl groups is 1. The van der Waals surface area contributed by atoms with E-state index in [-0.39, 0.29) is 0 Å². The Morgan fingerprint density at radius 2 is 1.81 bits per heavy atom. The number of aliphatic hydroxyl groups excluding tert-OH is 1. The van der Waals surface area contributed by atoms with Gasteiger partial charge in [0.05, 0.1) is 6.61 Å². The first-order chi connectivity index (χ1) is 9.90. The third kappa shape index (κ3) is 4.17. The van der Waals surface area contributed by atoms with Crippen molar-refractivity contribution in [1.29, 1.82) is 0 Å². The van der Waals surface area contributed by atoms with Gasteiger partial charge in [-0.25, -0.2) is 8.78 Å². The van der Waals surface area contributed by atoms with Crippen LogP contribution in [-0.4, -0.2) is 30.7 Å². The molecular formula is C15H18F4O2. The fourth-order valence-corrected chi connectivity index (χ4v) is 2.20. The molecule has 1 fully saturated rings. The van der Waals surface area contributed by atoms with Crippen molar-refractivity contribution in [3.63, 3.8) is 0 Å². The highest BCUT2D eigenvalue weighted by Gasteiger charge is 2.41. The van der Waals surface area contributed by atoms with Crippen LogP contribution in [0.4, 0.5) is 17.6 Å².